The maximum atomic E-state index is 5.72. The molecule has 0 bridgehead atoms. The first-order valence-corrected chi connectivity index (χ1v) is 9.94. The Morgan fingerprint density at radius 2 is 1.79 bits per heavy atom. The zero-order valence-corrected chi connectivity index (χ0v) is 16.3. The molecule has 3 fully saturated rings. The van der Waals surface area contributed by atoms with Gasteiger partial charge in [-0.2, -0.15) is 0 Å². The lowest BCUT2D eigenvalue weighted by Crippen LogP contribution is -2.34. The van der Waals surface area contributed by atoms with Gasteiger partial charge in [0.05, 0.1) is 12.2 Å². The summed E-state index contributed by atoms with van der Waals surface area (Å²) in [4.78, 5) is 0. The highest BCUT2D eigenvalue weighted by atomic mass is 16.5. The van der Waals surface area contributed by atoms with Gasteiger partial charge in [-0.05, 0) is 55.8 Å². The fourth-order valence-corrected chi connectivity index (χ4v) is 5.64. The molecule has 0 saturated heterocycles. The predicted molar refractivity (Wildman–Crippen MR) is 100 cm³/mol. The van der Waals surface area contributed by atoms with E-state index in [1.54, 1.807) is 5.57 Å². The van der Waals surface area contributed by atoms with Crippen LogP contribution in [0.4, 0.5) is 0 Å². The van der Waals surface area contributed by atoms with Gasteiger partial charge < -0.3 is 9.47 Å². The molecular weight excluding hydrogens is 296 g/mol. The van der Waals surface area contributed by atoms with Gasteiger partial charge in [0, 0.05) is 26.6 Å². The number of rotatable bonds is 3. The molecule has 24 heavy (non-hydrogen) atoms. The van der Waals surface area contributed by atoms with Crippen LogP contribution in [0.3, 0.4) is 0 Å². The van der Waals surface area contributed by atoms with Gasteiger partial charge in [-0.3, -0.25) is 0 Å². The van der Waals surface area contributed by atoms with Crippen LogP contribution in [-0.4, -0.2) is 26.4 Å². The summed E-state index contributed by atoms with van der Waals surface area (Å²) in [5.74, 6) is 2.19. The van der Waals surface area contributed by atoms with Gasteiger partial charge in [0.1, 0.15) is 0 Å². The molecule has 2 heteroatoms. The van der Waals surface area contributed by atoms with E-state index in [0.717, 1.165) is 24.7 Å². The van der Waals surface area contributed by atoms with Gasteiger partial charge in [0.2, 0.25) is 0 Å². The van der Waals surface area contributed by atoms with E-state index >= 15 is 0 Å². The maximum Gasteiger partial charge on any atom is 0.0658 e. The Morgan fingerprint density at radius 3 is 2.50 bits per heavy atom. The Balaban J connectivity index is 1.81. The molecule has 0 N–H and O–H groups in total. The lowest BCUT2D eigenvalue weighted by Gasteiger charge is -2.41. The summed E-state index contributed by atoms with van der Waals surface area (Å²) in [7, 11) is 3.66. The third-order valence-corrected chi connectivity index (χ3v) is 7.69. The Hall–Kier alpha value is -0.600. The first-order chi connectivity index (χ1) is 11.5. The standard InChI is InChI=1S/C22H36O2/c1-15-8-11-20-17(7-6-12-22(15,20)3)9-10-18-13-19(23-4)14-21(24-5)16(18)2/h9-10,15-16,19-21H,6-8,11-14H2,1-5H3/b17-9+,18-10-. The third-order valence-electron chi connectivity index (χ3n) is 7.69. The van der Waals surface area contributed by atoms with Crippen molar-refractivity contribution in [3.8, 4) is 0 Å². The highest BCUT2D eigenvalue weighted by molar-refractivity contribution is 5.27. The van der Waals surface area contributed by atoms with Gasteiger partial charge in [0.15, 0.2) is 0 Å². The summed E-state index contributed by atoms with van der Waals surface area (Å²) < 4.78 is 11.4. The summed E-state index contributed by atoms with van der Waals surface area (Å²) in [5.41, 5.74) is 3.76. The average molecular weight is 333 g/mol. The van der Waals surface area contributed by atoms with Crippen LogP contribution in [0.5, 0.6) is 0 Å². The summed E-state index contributed by atoms with van der Waals surface area (Å²) in [5, 5.41) is 0. The van der Waals surface area contributed by atoms with E-state index in [0.29, 0.717) is 17.4 Å². The fraction of sp³-hybridized carbons (Fsp3) is 0.818. The molecule has 0 aliphatic heterocycles. The van der Waals surface area contributed by atoms with Crippen molar-refractivity contribution in [1.82, 2.24) is 0 Å². The van der Waals surface area contributed by atoms with Crippen LogP contribution in [0.2, 0.25) is 0 Å². The molecule has 136 valence electrons. The van der Waals surface area contributed by atoms with Crippen LogP contribution in [0, 0.1) is 23.2 Å². The Kier molecular flexibility index (Phi) is 5.56. The van der Waals surface area contributed by atoms with Crippen LogP contribution in [0.25, 0.3) is 0 Å². The van der Waals surface area contributed by atoms with E-state index in [4.69, 9.17) is 9.47 Å². The average Bonchev–Trinajstić information content (AvgIpc) is 2.89. The smallest absolute Gasteiger partial charge is 0.0658 e. The molecule has 0 heterocycles. The highest BCUT2D eigenvalue weighted by Crippen LogP contribution is 2.57. The Labute approximate surface area is 148 Å². The number of allylic oxidation sites excluding steroid dienone is 3. The molecule has 0 spiro atoms. The van der Waals surface area contributed by atoms with Gasteiger partial charge in [-0.1, -0.05) is 44.1 Å². The van der Waals surface area contributed by atoms with E-state index in [1.165, 1.54) is 37.7 Å². The van der Waals surface area contributed by atoms with Crippen molar-refractivity contribution >= 4 is 0 Å². The summed E-state index contributed by atoms with van der Waals surface area (Å²) >= 11 is 0. The Bertz CT molecular complexity index is 506. The lowest BCUT2D eigenvalue weighted by molar-refractivity contribution is -0.0153. The van der Waals surface area contributed by atoms with E-state index in [-0.39, 0.29) is 6.10 Å². The molecule has 3 saturated carbocycles. The largest absolute Gasteiger partial charge is 0.381 e. The first kappa shape index (κ1) is 18.2. The highest BCUT2D eigenvalue weighted by Gasteiger charge is 2.47. The van der Waals surface area contributed by atoms with Crippen LogP contribution in [0.15, 0.2) is 23.3 Å². The van der Waals surface area contributed by atoms with Crippen LogP contribution < -0.4 is 0 Å². The van der Waals surface area contributed by atoms with Gasteiger partial charge in [-0.25, -0.2) is 0 Å². The van der Waals surface area contributed by atoms with Crippen LogP contribution in [-0.2, 0) is 9.47 Å². The number of fused-ring (bicyclic) bond motifs is 1. The second-order valence-corrected chi connectivity index (χ2v) is 8.73. The molecule has 2 nitrogen and oxygen atoms in total. The molecule has 0 aromatic carbocycles. The van der Waals surface area contributed by atoms with Gasteiger partial charge >= 0.3 is 0 Å². The molecule has 3 aliphatic carbocycles. The molecule has 0 aromatic rings. The first-order valence-electron chi connectivity index (χ1n) is 9.94. The SMILES string of the molecule is COC1C/C(=C/C=C2\CCCC3(C)C(C)CCC23)C(C)C(OC)C1. The normalized spacial score (nSPS) is 46.5. The molecule has 3 aliphatic rings. The van der Waals surface area contributed by atoms with Crippen molar-refractivity contribution in [1.29, 1.82) is 0 Å². The van der Waals surface area contributed by atoms with Crippen molar-refractivity contribution in [2.45, 2.75) is 77.9 Å². The van der Waals surface area contributed by atoms with Crippen LogP contribution in [0.1, 0.15) is 65.7 Å². The molecule has 0 aromatic heterocycles. The van der Waals surface area contributed by atoms with Gasteiger partial charge in [0.25, 0.3) is 0 Å². The van der Waals surface area contributed by atoms with E-state index in [1.807, 2.05) is 14.2 Å². The molecule has 0 radical (unpaired) electrons. The van der Waals surface area contributed by atoms with Crippen molar-refractivity contribution in [2.24, 2.45) is 23.2 Å². The lowest BCUT2D eigenvalue weighted by atomic mass is 9.64. The summed E-state index contributed by atoms with van der Waals surface area (Å²) in [6.45, 7) is 7.32. The zero-order chi connectivity index (χ0) is 17.3. The second kappa shape index (κ2) is 7.33. The second-order valence-electron chi connectivity index (χ2n) is 8.73. The fourth-order valence-electron chi connectivity index (χ4n) is 5.64. The molecule has 6 unspecified atom stereocenters. The number of methoxy groups -OCH3 is 2. The predicted octanol–water partition coefficient (Wildman–Crippen LogP) is 5.54. The zero-order valence-electron chi connectivity index (χ0n) is 16.3. The van der Waals surface area contributed by atoms with Crippen molar-refractivity contribution in [3.63, 3.8) is 0 Å². The van der Waals surface area contributed by atoms with E-state index in [2.05, 4.69) is 32.9 Å². The molecule has 0 amide bonds. The topological polar surface area (TPSA) is 18.5 Å². The minimum absolute atomic E-state index is 0.288. The van der Waals surface area contributed by atoms with Gasteiger partial charge in [-0.15, -0.1) is 0 Å². The Morgan fingerprint density at radius 1 is 1.04 bits per heavy atom. The maximum absolute atomic E-state index is 5.72. The monoisotopic (exact) mass is 332 g/mol. The van der Waals surface area contributed by atoms with Crippen molar-refractivity contribution in [2.75, 3.05) is 14.2 Å². The number of hydrogen-bond acceptors (Lipinski definition) is 2. The number of hydrogen-bond donors (Lipinski definition) is 0. The number of ether oxygens (including phenoxy) is 2. The van der Waals surface area contributed by atoms with Crippen LogP contribution >= 0.6 is 0 Å². The third kappa shape index (κ3) is 3.24. The summed E-state index contributed by atoms with van der Waals surface area (Å²) in [6.07, 6.45) is 14.4. The van der Waals surface area contributed by atoms with Crippen molar-refractivity contribution < 1.29 is 9.47 Å². The summed E-state index contributed by atoms with van der Waals surface area (Å²) in [6, 6.07) is 0. The molecule has 6 atom stereocenters. The molecular formula is C22H36O2. The minimum Gasteiger partial charge on any atom is -0.381 e. The molecule has 3 rings (SSSR count). The quantitative estimate of drug-likeness (QED) is 0.676. The minimum atomic E-state index is 0.288. The van der Waals surface area contributed by atoms with Crippen molar-refractivity contribution in [3.05, 3.63) is 23.3 Å². The van der Waals surface area contributed by atoms with E-state index < -0.39 is 0 Å². The van der Waals surface area contributed by atoms with E-state index in [9.17, 15) is 0 Å².